The van der Waals surface area contributed by atoms with Gasteiger partial charge in [0.05, 0.1) is 0 Å². The molecule has 3 rings (SSSR count). The Hall–Kier alpha value is -1.06. The van der Waals surface area contributed by atoms with E-state index in [0.29, 0.717) is 0 Å². The Morgan fingerprint density at radius 1 is 1.06 bits per heavy atom. The molecule has 1 aliphatic carbocycles. The minimum atomic E-state index is -0.0556. The van der Waals surface area contributed by atoms with E-state index in [1.165, 1.54) is 17.7 Å². The van der Waals surface area contributed by atoms with E-state index in [9.17, 15) is 0 Å². The van der Waals surface area contributed by atoms with E-state index in [1.54, 1.807) is 0 Å². The summed E-state index contributed by atoms with van der Waals surface area (Å²) in [4.78, 5) is 4.89. The van der Waals surface area contributed by atoms with Crippen LogP contribution in [-0.2, 0) is 5.54 Å². The fourth-order valence-corrected chi connectivity index (χ4v) is 3.04. The van der Waals surface area contributed by atoms with Crippen molar-refractivity contribution >= 4 is 5.69 Å². The Morgan fingerprint density at radius 3 is 2.33 bits per heavy atom. The molecule has 1 heterocycles. The molecular formula is C15H23N3. The summed E-state index contributed by atoms with van der Waals surface area (Å²) in [5.74, 6) is 0. The number of hydrogen-bond donors (Lipinski definition) is 1. The molecule has 0 bridgehead atoms. The Bertz CT molecular complexity index is 418. The van der Waals surface area contributed by atoms with Crippen LogP contribution >= 0.6 is 0 Å². The molecule has 0 aromatic heterocycles. The molecule has 1 saturated heterocycles. The average molecular weight is 245 g/mol. The summed E-state index contributed by atoms with van der Waals surface area (Å²) in [5, 5.41) is 0. The van der Waals surface area contributed by atoms with E-state index in [-0.39, 0.29) is 5.54 Å². The smallest absolute Gasteiger partial charge is 0.0430 e. The topological polar surface area (TPSA) is 32.5 Å². The third kappa shape index (κ3) is 2.02. The number of rotatable bonds is 2. The molecule has 0 radical (unpaired) electrons. The molecular weight excluding hydrogens is 222 g/mol. The van der Waals surface area contributed by atoms with E-state index in [4.69, 9.17) is 5.73 Å². The number of hydrogen-bond acceptors (Lipinski definition) is 3. The molecule has 1 aromatic rings. The van der Waals surface area contributed by atoms with E-state index >= 15 is 0 Å². The van der Waals surface area contributed by atoms with Gasteiger partial charge in [-0.25, -0.2) is 0 Å². The molecule has 3 nitrogen and oxygen atoms in total. The van der Waals surface area contributed by atoms with Gasteiger partial charge in [0.1, 0.15) is 0 Å². The number of piperazine rings is 1. The van der Waals surface area contributed by atoms with Gasteiger partial charge in [0, 0.05) is 37.4 Å². The summed E-state index contributed by atoms with van der Waals surface area (Å²) in [6, 6.07) is 8.74. The van der Waals surface area contributed by atoms with Crippen LogP contribution in [0.4, 0.5) is 5.69 Å². The highest BCUT2D eigenvalue weighted by Crippen LogP contribution is 2.42. The van der Waals surface area contributed by atoms with Crippen LogP contribution < -0.4 is 10.6 Å². The van der Waals surface area contributed by atoms with Gasteiger partial charge in [0.25, 0.3) is 0 Å². The van der Waals surface area contributed by atoms with Crippen molar-refractivity contribution < 1.29 is 0 Å². The zero-order valence-corrected chi connectivity index (χ0v) is 11.2. The first-order valence-electron chi connectivity index (χ1n) is 7.01. The van der Waals surface area contributed by atoms with E-state index in [2.05, 4.69) is 41.1 Å². The minimum Gasteiger partial charge on any atom is -0.369 e. The number of benzene rings is 1. The Morgan fingerprint density at radius 2 is 1.72 bits per heavy atom. The maximum atomic E-state index is 6.52. The maximum absolute atomic E-state index is 6.52. The molecule has 0 spiro atoms. The molecule has 18 heavy (non-hydrogen) atoms. The predicted molar refractivity (Wildman–Crippen MR) is 75.9 cm³/mol. The molecule has 3 heteroatoms. The van der Waals surface area contributed by atoms with Crippen LogP contribution in [0.15, 0.2) is 24.3 Å². The van der Waals surface area contributed by atoms with Crippen molar-refractivity contribution in [3.05, 3.63) is 29.8 Å². The molecule has 2 fully saturated rings. The summed E-state index contributed by atoms with van der Waals surface area (Å²) in [5.41, 5.74) is 9.20. The largest absolute Gasteiger partial charge is 0.369 e. The Balaban J connectivity index is 1.87. The minimum absolute atomic E-state index is 0.0556. The van der Waals surface area contributed by atoms with E-state index in [1.807, 2.05) is 0 Å². The quantitative estimate of drug-likeness (QED) is 0.862. The molecule has 0 amide bonds. The first-order chi connectivity index (χ1) is 8.69. The lowest BCUT2D eigenvalue weighted by atomic mass is 9.72. The van der Waals surface area contributed by atoms with Crippen molar-refractivity contribution in [2.45, 2.75) is 24.8 Å². The lowest BCUT2D eigenvalue weighted by Crippen LogP contribution is -2.48. The standard InChI is InChI=1S/C15H23N3/c1-17-9-11-18(12-10-17)14-6-3-2-5-13(14)15(16)7-4-8-15/h2-3,5-6H,4,7-12,16H2,1H3. The van der Waals surface area contributed by atoms with Gasteiger partial charge in [-0.15, -0.1) is 0 Å². The van der Waals surface area contributed by atoms with Crippen LogP contribution in [0.25, 0.3) is 0 Å². The van der Waals surface area contributed by atoms with Crippen molar-refractivity contribution in [1.82, 2.24) is 4.90 Å². The highest BCUT2D eigenvalue weighted by Gasteiger charge is 2.37. The summed E-state index contributed by atoms with van der Waals surface area (Å²) in [7, 11) is 2.19. The van der Waals surface area contributed by atoms with Crippen LogP contribution in [0.3, 0.4) is 0 Å². The van der Waals surface area contributed by atoms with Crippen molar-refractivity contribution in [2.75, 3.05) is 38.1 Å². The molecule has 98 valence electrons. The summed E-state index contributed by atoms with van der Waals surface area (Å²) in [6.45, 7) is 4.52. The normalized spacial score (nSPS) is 23.8. The third-order valence-corrected chi connectivity index (χ3v) is 4.53. The van der Waals surface area contributed by atoms with Crippen LogP contribution in [0.2, 0.25) is 0 Å². The van der Waals surface area contributed by atoms with Crippen molar-refractivity contribution in [3.63, 3.8) is 0 Å². The SMILES string of the molecule is CN1CCN(c2ccccc2C2(N)CCC2)CC1. The lowest BCUT2D eigenvalue weighted by Gasteiger charge is -2.43. The van der Waals surface area contributed by atoms with Gasteiger partial charge >= 0.3 is 0 Å². The van der Waals surface area contributed by atoms with Crippen molar-refractivity contribution in [1.29, 1.82) is 0 Å². The van der Waals surface area contributed by atoms with Gasteiger partial charge in [0.2, 0.25) is 0 Å². The van der Waals surface area contributed by atoms with Gasteiger partial charge < -0.3 is 15.5 Å². The zero-order valence-electron chi connectivity index (χ0n) is 11.2. The molecule has 1 saturated carbocycles. The number of para-hydroxylation sites is 1. The van der Waals surface area contributed by atoms with Crippen LogP contribution in [-0.4, -0.2) is 38.1 Å². The first-order valence-corrected chi connectivity index (χ1v) is 7.01. The molecule has 1 aliphatic heterocycles. The van der Waals surface area contributed by atoms with Crippen LogP contribution in [0, 0.1) is 0 Å². The second-order valence-corrected chi connectivity index (χ2v) is 5.82. The van der Waals surface area contributed by atoms with Crippen LogP contribution in [0.1, 0.15) is 24.8 Å². The lowest BCUT2D eigenvalue weighted by molar-refractivity contribution is 0.252. The Labute approximate surface area is 110 Å². The molecule has 1 aromatic carbocycles. The fourth-order valence-electron chi connectivity index (χ4n) is 3.04. The maximum Gasteiger partial charge on any atom is 0.0430 e. The summed E-state index contributed by atoms with van der Waals surface area (Å²) >= 11 is 0. The third-order valence-electron chi connectivity index (χ3n) is 4.53. The van der Waals surface area contributed by atoms with Crippen LogP contribution in [0.5, 0.6) is 0 Å². The van der Waals surface area contributed by atoms with Gasteiger partial charge in [-0.3, -0.25) is 0 Å². The average Bonchev–Trinajstić information content (AvgIpc) is 2.37. The Kier molecular flexibility index (Phi) is 3.04. The number of likely N-dealkylation sites (N-methyl/N-ethyl adjacent to an activating group) is 1. The van der Waals surface area contributed by atoms with Gasteiger partial charge in [-0.1, -0.05) is 18.2 Å². The number of nitrogens with zero attached hydrogens (tertiary/aromatic N) is 2. The molecule has 0 atom stereocenters. The second-order valence-electron chi connectivity index (χ2n) is 5.82. The molecule has 2 N–H and O–H groups in total. The first kappa shape index (κ1) is 12.0. The number of nitrogens with two attached hydrogens (primary N) is 1. The molecule has 0 unspecified atom stereocenters. The molecule has 2 aliphatic rings. The zero-order chi connectivity index (χ0) is 12.6. The van der Waals surface area contributed by atoms with Crippen molar-refractivity contribution in [2.24, 2.45) is 5.73 Å². The van der Waals surface area contributed by atoms with Gasteiger partial charge in [-0.05, 0) is 37.9 Å². The van der Waals surface area contributed by atoms with Gasteiger partial charge in [0.15, 0.2) is 0 Å². The monoisotopic (exact) mass is 245 g/mol. The van der Waals surface area contributed by atoms with E-state index in [0.717, 1.165) is 39.0 Å². The fraction of sp³-hybridized carbons (Fsp3) is 0.600. The highest BCUT2D eigenvalue weighted by atomic mass is 15.2. The van der Waals surface area contributed by atoms with E-state index < -0.39 is 0 Å². The van der Waals surface area contributed by atoms with Crippen molar-refractivity contribution in [3.8, 4) is 0 Å². The predicted octanol–water partition coefficient (Wildman–Crippen LogP) is 1.78. The number of anilines is 1. The summed E-state index contributed by atoms with van der Waals surface area (Å²) < 4.78 is 0. The highest BCUT2D eigenvalue weighted by molar-refractivity contribution is 5.57. The van der Waals surface area contributed by atoms with Gasteiger partial charge in [-0.2, -0.15) is 0 Å². The second kappa shape index (κ2) is 4.56. The summed E-state index contributed by atoms with van der Waals surface area (Å²) in [6.07, 6.45) is 3.54.